The molecule has 12 heteroatoms. The first-order valence-electron chi connectivity index (χ1n) is 8.46. The molecule has 3 aromatic rings. The van der Waals surface area contributed by atoms with E-state index in [0.29, 0.717) is 16.9 Å². The van der Waals surface area contributed by atoms with Gasteiger partial charge in [-0.3, -0.25) is 9.59 Å². The van der Waals surface area contributed by atoms with Crippen LogP contribution in [-0.4, -0.2) is 42.7 Å². The van der Waals surface area contributed by atoms with Crippen molar-refractivity contribution >= 4 is 40.9 Å². The van der Waals surface area contributed by atoms with E-state index in [1.165, 1.54) is 42.0 Å². The van der Waals surface area contributed by atoms with E-state index in [9.17, 15) is 14.7 Å². The number of aliphatic carboxylic acids is 1. The molecule has 0 unspecified atom stereocenters. The van der Waals surface area contributed by atoms with Crippen molar-refractivity contribution < 1.29 is 14.6 Å². The molecule has 0 radical (unpaired) electrons. The maximum atomic E-state index is 12.5. The maximum absolute atomic E-state index is 12.5. The van der Waals surface area contributed by atoms with Gasteiger partial charge in [0.2, 0.25) is 0 Å². The van der Waals surface area contributed by atoms with E-state index in [2.05, 4.69) is 19.9 Å². The number of ether oxygens (including phenoxy) is 1. The Bertz CT molecular complexity index is 1100. The number of pyridine rings is 1. The molecule has 0 bridgehead atoms. The highest BCUT2D eigenvalue weighted by molar-refractivity contribution is 7.98. The molecule has 156 valence electrons. The second-order valence-corrected chi connectivity index (χ2v) is 7.76. The van der Waals surface area contributed by atoms with Crippen molar-refractivity contribution in [2.75, 3.05) is 7.11 Å². The molecule has 0 amide bonds. The standard InChI is InChI=1S/C18H15Cl2N5O4S/c1-29-17-21-5-11(6-22-17)2-12-7-25(8-15(26)27)18(24-16(12)28)30-9-10-3-13(19)23-14(20)4-10/h3-7H,2,8-9H2,1H3,(H,26,27). The minimum atomic E-state index is -1.06. The summed E-state index contributed by atoms with van der Waals surface area (Å²) >= 11 is 13.0. The van der Waals surface area contributed by atoms with Crippen LogP contribution in [0.5, 0.6) is 6.01 Å². The molecular formula is C18H15Cl2N5O4S. The van der Waals surface area contributed by atoms with Crippen LogP contribution in [0.2, 0.25) is 10.3 Å². The molecule has 0 atom stereocenters. The first-order chi connectivity index (χ1) is 14.3. The molecular weight excluding hydrogens is 453 g/mol. The summed E-state index contributed by atoms with van der Waals surface area (Å²) in [6, 6.07) is 3.49. The maximum Gasteiger partial charge on any atom is 0.323 e. The molecule has 9 nitrogen and oxygen atoms in total. The second-order valence-electron chi connectivity index (χ2n) is 6.04. The number of carbonyl (C=O) groups is 1. The van der Waals surface area contributed by atoms with Gasteiger partial charge in [0, 0.05) is 36.3 Å². The van der Waals surface area contributed by atoms with Gasteiger partial charge in [-0.1, -0.05) is 35.0 Å². The van der Waals surface area contributed by atoms with Gasteiger partial charge in [0.25, 0.3) is 5.56 Å². The van der Waals surface area contributed by atoms with E-state index in [-0.39, 0.29) is 34.4 Å². The third kappa shape index (κ3) is 5.91. The smallest absolute Gasteiger partial charge is 0.323 e. The normalized spacial score (nSPS) is 10.8. The Morgan fingerprint density at radius 1 is 1.17 bits per heavy atom. The number of aromatic nitrogens is 5. The minimum Gasteiger partial charge on any atom is -0.480 e. The lowest BCUT2D eigenvalue weighted by molar-refractivity contribution is -0.137. The summed E-state index contributed by atoms with van der Waals surface area (Å²) in [6.07, 6.45) is 4.76. The van der Waals surface area contributed by atoms with Crippen LogP contribution in [0.3, 0.4) is 0 Å². The lowest BCUT2D eigenvalue weighted by atomic mass is 10.1. The third-order valence-corrected chi connectivity index (χ3v) is 5.23. The zero-order valence-corrected chi connectivity index (χ0v) is 17.9. The van der Waals surface area contributed by atoms with Gasteiger partial charge < -0.3 is 14.4 Å². The van der Waals surface area contributed by atoms with E-state index in [4.69, 9.17) is 27.9 Å². The summed E-state index contributed by atoms with van der Waals surface area (Å²) in [5.74, 6) is -0.685. The Morgan fingerprint density at radius 3 is 2.43 bits per heavy atom. The van der Waals surface area contributed by atoms with Crippen molar-refractivity contribution in [2.24, 2.45) is 0 Å². The molecule has 0 fully saturated rings. The number of thioether (sulfide) groups is 1. The molecule has 0 saturated heterocycles. The Morgan fingerprint density at radius 2 is 1.83 bits per heavy atom. The molecule has 1 N–H and O–H groups in total. The SMILES string of the molecule is COc1ncc(Cc2cn(CC(=O)O)c(SCc3cc(Cl)nc(Cl)c3)nc2=O)cn1. The number of hydrogen-bond acceptors (Lipinski definition) is 8. The van der Waals surface area contributed by atoms with E-state index >= 15 is 0 Å². The zero-order chi connectivity index (χ0) is 21.7. The highest BCUT2D eigenvalue weighted by Crippen LogP contribution is 2.24. The monoisotopic (exact) mass is 467 g/mol. The van der Waals surface area contributed by atoms with Gasteiger partial charge in [0.15, 0.2) is 5.16 Å². The lowest BCUT2D eigenvalue weighted by Gasteiger charge is -2.12. The molecule has 0 aliphatic heterocycles. The Hall–Kier alpha value is -2.69. The number of halogens is 2. The predicted octanol–water partition coefficient (Wildman–Crippen LogP) is 2.71. The quantitative estimate of drug-likeness (QED) is 0.302. The average molecular weight is 468 g/mol. The first-order valence-corrected chi connectivity index (χ1v) is 10.2. The Kier molecular flexibility index (Phi) is 7.24. The van der Waals surface area contributed by atoms with E-state index in [0.717, 1.165) is 5.56 Å². The number of carboxylic acid groups (broad SMARTS) is 1. The van der Waals surface area contributed by atoms with E-state index in [1.807, 2.05) is 0 Å². The highest BCUT2D eigenvalue weighted by atomic mass is 35.5. The summed E-state index contributed by atoms with van der Waals surface area (Å²) in [5, 5.41) is 9.99. The largest absolute Gasteiger partial charge is 0.480 e. The van der Waals surface area contributed by atoms with Gasteiger partial charge in [0.05, 0.1) is 7.11 Å². The van der Waals surface area contributed by atoms with Crippen LogP contribution in [0.4, 0.5) is 0 Å². The van der Waals surface area contributed by atoms with Crippen molar-refractivity contribution in [1.82, 2.24) is 24.5 Å². The fourth-order valence-electron chi connectivity index (χ4n) is 2.52. The number of rotatable bonds is 8. The van der Waals surface area contributed by atoms with Crippen molar-refractivity contribution in [3.05, 3.63) is 68.1 Å². The van der Waals surface area contributed by atoms with Crippen LogP contribution in [-0.2, 0) is 23.5 Å². The average Bonchev–Trinajstić information content (AvgIpc) is 2.68. The van der Waals surface area contributed by atoms with Crippen molar-refractivity contribution in [3.8, 4) is 6.01 Å². The number of carboxylic acids is 1. The number of hydrogen-bond donors (Lipinski definition) is 1. The first kappa shape index (κ1) is 22.0. The second kappa shape index (κ2) is 9.88. The number of nitrogens with zero attached hydrogens (tertiary/aromatic N) is 5. The zero-order valence-electron chi connectivity index (χ0n) is 15.6. The van der Waals surface area contributed by atoms with Gasteiger partial charge in [-0.2, -0.15) is 4.98 Å². The summed E-state index contributed by atoms with van der Waals surface area (Å²) in [6.45, 7) is -0.348. The molecule has 0 spiro atoms. The molecule has 30 heavy (non-hydrogen) atoms. The van der Waals surface area contributed by atoms with Crippen LogP contribution < -0.4 is 10.3 Å². The summed E-state index contributed by atoms with van der Waals surface area (Å²) in [5.41, 5.74) is 1.30. The number of methoxy groups -OCH3 is 1. The van der Waals surface area contributed by atoms with Gasteiger partial charge in [-0.15, -0.1) is 0 Å². The van der Waals surface area contributed by atoms with Crippen molar-refractivity contribution in [1.29, 1.82) is 0 Å². The van der Waals surface area contributed by atoms with Gasteiger partial charge in [0.1, 0.15) is 16.9 Å². The van der Waals surface area contributed by atoms with Crippen LogP contribution >= 0.6 is 35.0 Å². The van der Waals surface area contributed by atoms with E-state index < -0.39 is 11.5 Å². The topological polar surface area (TPSA) is 120 Å². The van der Waals surface area contributed by atoms with Crippen LogP contribution in [0.25, 0.3) is 0 Å². The van der Waals surface area contributed by atoms with Crippen molar-refractivity contribution in [2.45, 2.75) is 23.9 Å². The highest BCUT2D eigenvalue weighted by Gasteiger charge is 2.13. The van der Waals surface area contributed by atoms with Crippen LogP contribution in [0.1, 0.15) is 16.7 Å². The van der Waals surface area contributed by atoms with Gasteiger partial charge >= 0.3 is 12.0 Å². The van der Waals surface area contributed by atoms with E-state index in [1.54, 1.807) is 12.1 Å². The van der Waals surface area contributed by atoms with Crippen LogP contribution in [0, 0.1) is 0 Å². The molecule has 0 aromatic carbocycles. The summed E-state index contributed by atoms with van der Waals surface area (Å²) < 4.78 is 6.33. The molecule has 3 aromatic heterocycles. The molecule has 0 saturated carbocycles. The van der Waals surface area contributed by atoms with Crippen molar-refractivity contribution in [3.63, 3.8) is 0 Å². The molecule has 3 heterocycles. The Labute approximate surface area is 185 Å². The molecule has 3 rings (SSSR count). The van der Waals surface area contributed by atoms with Crippen LogP contribution in [0.15, 0.2) is 40.7 Å². The molecule has 0 aliphatic carbocycles. The Balaban J connectivity index is 1.86. The minimum absolute atomic E-state index is 0.204. The predicted molar refractivity (Wildman–Crippen MR) is 111 cm³/mol. The lowest BCUT2D eigenvalue weighted by Crippen LogP contribution is -2.22. The third-order valence-electron chi connectivity index (χ3n) is 3.78. The van der Waals surface area contributed by atoms with Gasteiger partial charge in [-0.25, -0.2) is 15.0 Å². The summed E-state index contributed by atoms with van der Waals surface area (Å²) in [4.78, 5) is 39.8. The summed E-state index contributed by atoms with van der Waals surface area (Å²) in [7, 11) is 1.45. The fraction of sp³-hybridized carbons (Fsp3) is 0.222. The van der Waals surface area contributed by atoms with Gasteiger partial charge in [-0.05, 0) is 23.3 Å². The molecule has 0 aliphatic rings. The fourth-order valence-corrected chi connectivity index (χ4v) is 3.92.